The maximum atomic E-state index is 12.9. The lowest BCUT2D eigenvalue weighted by Gasteiger charge is -2.33. The molecule has 0 aromatic heterocycles. The SMILES string of the molecule is COc1cc2c(cc1OCCN(C)C(C)(C)CO)N(C(=O)/C=C/c1ccccc1Cl)CC2. The van der Waals surface area contributed by atoms with Gasteiger partial charge in [-0.3, -0.25) is 9.69 Å². The molecule has 0 radical (unpaired) electrons. The van der Waals surface area contributed by atoms with Crippen molar-refractivity contribution < 1.29 is 19.4 Å². The predicted octanol–water partition coefficient (Wildman–Crippen LogP) is 4.03. The molecule has 7 heteroatoms. The molecular formula is C25H31ClN2O4. The van der Waals surface area contributed by atoms with E-state index in [2.05, 4.69) is 0 Å². The average molecular weight is 459 g/mol. The molecule has 0 atom stereocenters. The summed E-state index contributed by atoms with van der Waals surface area (Å²) in [4.78, 5) is 16.7. The molecule has 1 heterocycles. The summed E-state index contributed by atoms with van der Waals surface area (Å²) in [6, 6.07) is 11.2. The number of anilines is 1. The van der Waals surface area contributed by atoms with E-state index in [1.54, 1.807) is 30.2 Å². The number of fused-ring (bicyclic) bond motifs is 1. The van der Waals surface area contributed by atoms with Gasteiger partial charge < -0.3 is 19.5 Å². The topological polar surface area (TPSA) is 62.2 Å². The molecule has 1 N–H and O–H groups in total. The van der Waals surface area contributed by atoms with Crippen molar-refractivity contribution >= 4 is 29.3 Å². The first-order chi connectivity index (χ1) is 15.3. The fourth-order valence-corrected chi connectivity index (χ4v) is 3.67. The fourth-order valence-electron chi connectivity index (χ4n) is 3.47. The van der Waals surface area contributed by atoms with Crippen molar-refractivity contribution in [3.63, 3.8) is 0 Å². The second-order valence-electron chi connectivity index (χ2n) is 8.47. The molecule has 172 valence electrons. The normalized spacial score (nSPS) is 13.7. The molecule has 0 saturated heterocycles. The first kappa shape index (κ1) is 24.1. The summed E-state index contributed by atoms with van der Waals surface area (Å²) in [6.07, 6.45) is 4.04. The summed E-state index contributed by atoms with van der Waals surface area (Å²) in [7, 11) is 3.56. The van der Waals surface area contributed by atoms with Crippen molar-refractivity contribution in [2.45, 2.75) is 25.8 Å². The van der Waals surface area contributed by atoms with Gasteiger partial charge in [-0.1, -0.05) is 29.8 Å². The Bertz CT molecular complexity index is 990. The van der Waals surface area contributed by atoms with Crippen LogP contribution in [0, 0.1) is 0 Å². The first-order valence-corrected chi connectivity index (χ1v) is 11.0. The second kappa shape index (κ2) is 10.4. The summed E-state index contributed by atoms with van der Waals surface area (Å²) in [5.74, 6) is 1.13. The number of benzene rings is 2. The number of aliphatic hydroxyl groups is 1. The third-order valence-corrected chi connectivity index (χ3v) is 6.29. The van der Waals surface area contributed by atoms with Crippen LogP contribution in [0.25, 0.3) is 6.08 Å². The Morgan fingerprint density at radius 3 is 2.72 bits per heavy atom. The van der Waals surface area contributed by atoms with E-state index >= 15 is 0 Å². The van der Waals surface area contributed by atoms with Crippen LogP contribution in [0.2, 0.25) is 5.02 Å². The highest BCUT2D eigenvalue weighted by atomic mass is 35.5. The van der Waals surface area contributed by atoms with Crippen molar-refractivity contribution in [2.75, 3.05) is 45.4 Å². The van der Waals surface area contributed by atoms with Crippen LogP contribution in [0.1, 0.15) is 25.0 Å². The number of ether oxygens (including phenoxy) is 2. The molecule has 0 aliphatic carbocycles. The molecule has 0 spiro atoms. The Labute approximate surface area is 195 Å². The van der Waals surface area contributed by atoms with Crippen LogP contribution in [0.4, 0.5) is 5.69 Å². The Morgan fingerprint density at radius 1 is 1.28 bits per heavy atom. The minimum Gasteiger partial charge on any atom is -0.493 e. The van der Waals surface area contributed by atoms with E-state index in [0.29, 0.717) is 36.2 Å². The molecule has 6 nitrogen and oxygen atoms in total. The number of nitrogens with zero attached hydrogens (tertiary/aromatic N) is 2. The van der Waals surface area contributed by atoms with Crippen LogP contribution in [0.5, 0.6) is 11.5 Å². The third kappa shape index (κ3) is 5.44. The number of carbonyl (C=O) groups is 1. The summed E-state index contributed by atoms with van der Waals surface area (Å²) >= 11 is 6.19. The number of hydrogen-bond donors (Lipinski definition) is 1. The summed E-state index contributed by atoms with van der Waals surface area (Å²) in [6.45, 7) is 5.67. The number of halogens is 1. The van der Waals surface area contributed by atoms with Crippen LogP contribution < -0.4 is 14.4 Å². The Morgan fingerprint density at radius 2 is 2.03 bits per heavy atom. The molecule has 1 amide bonds. The molecule has 2 aromatic rings. The molecule has 0 unspecified atom stereocenters. The minimum atomic E-state index is -0.331. The number of carbonyl (C=O) groups excluding carboxylic acids is 1. The van der Waals surface area contributed by atoms with Gasteiger partial charge in [0.1, 0.15) is 6.61 Å². The fraction of sp³-hybridized carbons (Fsp3) is 0.400. The maximum Gasteiger partial charge on any atom is 0.251 e. The molecule has 32 heavy (non-hydrogen) atoms. The van der Waals surface area contributed by atoms with Gasteiger partial charge in [0, 0.05) is 35.8 Å². The lowest BCUT2D eigenvalue weighted by atomic mass is 10.1. The zero-order valence-corrected chi connectivity index (χ0v) is 19.9. The molecule has 3 rings (SSSR count). The zero-order chi connectivity index (χ0) is 23.3. The highest BCUT2D eigenvalue weighted by molar-refractivity contribution is 6.32. The van der Waals surface area contributed by atoms with Crippen LogP contribution in [-0.4, -0.2) is 61.9 Å². The number of rotatable bonds is 9. The van der Waals surface area contributed by atoms with E-state index < -0.39 is 0 Å². The van der Waals surface area contributed by atoms with Gasteiger partial charge in [-0.25, -0.2) is 0 Å². The summed E-state index contributed by atoms with van der Waals surface area (Å²) in [5, 5.41) is 10.1. The van der Waals surface area contributed by atoms with Gasteiger partial charge in [-0.05, 0) is 56.7 Å². The number of methoxy groups -OCH3 is 1. The number of amides is 1. The number of aliphatic hydroxyl groups excluding tert-OH is 1. The van der Waals surface area contributed by atoms with E-state index in [1.165, 1.54) is 0 Å². The molecular weight excluding hydrogens is 428 g/mol. The smallest absolute Gasteiger partial charge is 0.251 e. The van der Waals surface area contributed by atoms with Crippen molar-refractivity contribution in [3.8, 4) is 11.5 Å². The number of likely N-dealkylation sites (N-methyl/N-ethyl adjacent to an activating group) is 1. The first-order valence-electron chi connectivity index (χ1n) is 10.7. The zero-order valence-electron chi connectivity index (χ0n) is 19.1. The molecule has 0 bridgehead atoms. The van der Waals surface area contributed by atoms with Crippen LogP contribution in [0.15, 0.2) is 42.5 Å². The summed E-state index contributed by atoms with van der Waals surface area (Å²) in [5.41, 5.74) is 2.35. The highest BCUT2D eigenvalue weighted by Crippen LogP contribution is 2.39. The Balaban J connectivity index is 1.74. The minimum absolute atomic E-state index is 0.0600. The molecule has 1 aliphatic heterocycles. The van der Waals surface area contributed by atoms with Crippen LogP contribution >= 0.6 is 11.6 Å². The molecule has 0 saturated carbocycles. The quantitative estimate of drug-likeness (QED) is 0.575. The molecule has 1 aliphatic rings. The standard InChI is InChI=1S/C25H31ClN2O4/c1-25(2,17-29)27(3)13-14-32-23-16-21-19(15-22(23)31-4)11-12-28(21)24(30)10-9-18-7-5-6-8-20(18)26/h5-10,15-16,29H,11-14,17H2,1-4H3/b10-9+. The van der Waals surface area contributed by atoms with E-state index in [-0.39, 0.29) is 18.1 Å². The maximum absolute atomic E-state index is 12.9. The van der Waals surface area contributed by atoms with Gasteiger partial charge in [0.2, 0.25) is 0 Å². The van der Waals surface area contributed by atoms with Gasteiger partial charge >= 0.3 is 0 Å². The van der Waals surface area contributed by atoms with E-state index in [4.69, 9.17) is 21.1 Å². The molecule has 2 aromatic carbocycles. The van der Waals surface area contributed by atoms with Crippen LogP contribution in [-0.2, 0) is 11.2 Å². The third-order valence-electron chi connectivity index (χ3n) is 5.94. The lowest BCUT2D eigenvalue weighted by molar-refractivity contribution is -0.114. The van der Waals surface area contributed by atoms with Crippen molar-refractivity contribution in [2.24, 2.45) is 0 Å². The van der Waals surface area contributed by atoms with Crippen molar-refractivity contribution in [1.29, 1.82) is 0 Å². The van der Waals surface area contributed by atoms with Gasteiger partial charge in [0.25, 0.3) is 5.91 Å². The van der Waals surface area contributed by atoms with E-state index in [0.717, 1.165) is 23.2 Å². The van der Waals surface area contributed by atoms with E-state index in [1.807, 2.05) is 56.1 Å². The van der Waals surface area contributed by atoms with Gasteiger partial charge in [-0.15, -0.1) is 0 Å². The van der Waals surface area contributed by atoms with Crippen molar-refractivity contribution in [3.05, 3.63) is 58.6 Å². The second-order valence-corrected chi connectivity index (χ2v) is 8.87. The van der Waals surface area contributed by atoms with E-state index in [9.17, 15) is 9.90 Å². The lowest BCUT2D eigenvalue weighted by Crippen LogP contribution is -2.45. The van der Waals surface area contributed by atoms with Crippen molar-refractivity contribution in [1.82, 2.24) is 4.90 Å². The van der Waals surface area contributed by atoms with Gasteiger partial charge in [-0.2, -0.15) is 0 Å². The Kier molecular flexibility index (Phi) is 7.82. The highest BCUT2D eigenvalue weighted by Gasteiger charge is 2.26. The van der Waals surface area contributed by atoms with Crippen LogP contribution in [0.3, 0.4) is 0 Å². The predicted molar refractivity (Wildman–Crippen MR) is 129 cm³/mol. The average Bonchev–Trinajstić information content (AvgIpc) is 3.20. The summed E-state index contributed by atoms with van der Waals surface area (Å²) < 4.78 is 11.5. The monoisotopic (exact) mass is 458 g/mol. The van der Waals surface area contributed by atoms with Gasteiger partial charge in [0.15, 0.2) is 11.5 Å². The Hall–Kier alpha value is -2.54. The number of hydrogen-bond acceptors (Lipinski definition) is 5. The van der Waals surface area contributed by atoms with Gasteiger partial charge in [0.05, 0.1) is 19.4 Å². The largest absolute Gasteiger partial charge is 0.493 e. The molecule has 0 fully saturated rings.